The van der Waals surface area contributed by atoms with E-state index < -0.39 is 24.1 Å². The number of alkyl halides is 2. The number of hydrogen-bond acceptors (Lipinski definition) is 7. The molecule has 3 heterocycles. The molecule has 4 rings (SSSR count). The Morgan fingerprint density at radius 1 is 1.08 bits per heavy atom. The van der Waals surface area contributed by atoms with E-state index in [4.69, 9.17) is 24.5 Å². The topological polar surface area (TPSA) is 144 Å². The highest BCUT2D eigenvalue weighted by Crippen LogP contribution is 2.37. The molecule has 2 N–H and O–H groups in total. The van der Waals surface area contributed by atoms with Gasteiger partial charge < -0.3 is 14.9 Å². The number of halogens is 2. The molecular formula is C25H32F2N4O7. The number of aromatic nitrogens is 3. The Bertz CT molecular complexity index is 1240. The minimum absolute atomic E-state index is 0.0416. The third-order valence-corrected chi connectivity index (χ3v) is 7.08. The quantitative estimate of drug-likeness (QED) is 0.482. The van der Waals surface area contributed by atoms with Crippen molar-refractivity contribution in [3.8, 4) is 0 Å². The summed E-state index contributed by atoms with van der Waals surface area (Å²) < 4.78 is 35.1. The number of ether oxygens (including phenoxy) is 1. The van der Waals surface area contributed by atoms with Crippen LogP contribution in [0.2, 0.25) is 0 Å². The van der Waals surface area contributed by atoms with Crippen molar-refractivity contribution in [1.29, 1.82) is 0 Å². The minimum atomic E-state index is -2.50. The smallest absolute Gasteiger partial charge is 0.414 e. The van der Waals surface area contributed by atoms with Crippen molar-refractivity contribution in [2.24, 2.45) is 7.05 Å². The molecule has 1 aromatic carbocycles. The highest BCUT2D eigenvalue weighted by Gasteiger charge is 2.40. The fourth-order valence-electron chi connectivity index (χ4n) is 5.09. The van der Waals surface area contributed by atoms with E-state index in [0.29, 0.717) is 36.4 Å². The zero-order valence-corrected chi connectivity index (χ0v) is 21.3. The molecule has 2 saturated heterocycles. The second-order valence-corrected chi connectivity index (χ2v) is 9.43. The Hall–Kier alpha value is -3.45. The van der Waals surface area contributed by atoms with E-state index >= 15 is 0 Å². The molecular weight excluding hydrogens is 506 g/mol. The van der Waals surface area contributed by atoms with E-state index in [2.05, 4.69) is 9.88 Å². The average molecular weight is 539 g/mol. The van der Waals surface area contributed by atoms with Crippen LogP contribution in [0.1, 0.15) is 55.5 Å². The van der Waals surface area contributed by atoms with Gasteiger partial charge in [-0.25, -0.2) is 32.5 Å². The SMILES string of the molecule is Cc1nc(=O)n(CCCN2C3CCC2CC(OCc2ccccc2C(F)F)C3)c(=O)n1C.O=C(O)C(=O)O. The summed E-state index contributed by atoms with van der Waals surface area (Å²) in [5.74, 6) is -3.24. The van der Waals surface area contributed by atoms with Crippen LogP contribution >= 0.6 is 0 Å². The summed E-state index contributed by atoms with van der Waals surface area (Å²) in [5.41, 5.74) is -0.234. The van der Waals surface area contributed by atoms with Crippen molar-refractivity contribution in [1.82, 2.24) is 19.0 Å². The number of carboxylic acid groups (broad SMARTS) is 2. The van der Waals surface area contributed by atoms with Crippen LogP contribution in [-0.2, 0) is 34.5 Å². The molecule has 11 nitrogen and oxygen atoms in total. The summed E-state index contributed by atoms with van der Waals surface area (Å²) in [7, 11) is 1.62. The molecule has 0 saturated carbocycles. The van der Waals surface area contributed by atoms with E-state index in [0.717, 1.165) is 32.2 Å². The van der Waals surface area contributed by atoms with E-state index in [1.54, 1.807) is 32.2 Å². The number of aliphatic carboxylic acids is 2. The van der Waals surface area contributed by atoms with Gasteiger partial charge in [0.25, 0.3) is 6.43 Å². The van der Waals surface area contributed by atoms with Crippen LogP contribution in [0, 0.1) is 6.92 Å². The summed E-state index contributed by atoms with van der Waals surface area (Å²) in [6.45, 7) is 3.00. The Balaban J connectivity index is 0.000000599. The van der Waals surface area contributed by atoms with Gasteiger partial charge in [0.05, 0.1) is 12.7 Å². The number of fused-ring (bicyclic) bond motifs is 2. The zero-order valence-electron chi connectivity index (χ0n) is 21.3. The van der Waals surface area contributed by atoms with Crippen molar-refractivity contribution in [2.45, 2.75) is 76.8 Å². The number of rotatable bonds is 8. The maximum Gasteiger partial charge on any atom is 0.414 e. The molecule has 38 heavy (non-hydrogen) atoms. The molecule has 2 unspecified atom stereocenters. The number of carbonyl (C=O) groups is 2. The summed E-state index contributed by atoms with van der Waals surface area (Å²) in [4.78, 5) is 49.0. The van der Waals surface area contributed by atoms with Crippen LogP contribution in [0.3, 0.4) is 0 Å². The fraction of sp³-hybridized carbons (Fsp3) is 0.560. The lowest BCUT2D eigenvalue weighted by Crippen LogP contribution is -2.46. The van der Waals surface area contributed by atoms with Gasteiger partial charge in [-0.15, -0.1) is 0 Å². The largest absolute Gasteiger partial charge is 0.473 e. The van der Waals surface area contributed by atoms with Gasteiger partial charge >= 0.3 is 23.3 Å². The first-order valence-corrected chi connectivity index (χ1v) is 12.3. The zero-order chi connectivity index (χ0) is 28.0. The van der Waals surface area contributed by atoms with Crippen LogP contribution in [0.25, 0.3) is 0 Å². The first-order valence-electron chi connectivity index (χ1n) is 12.3. The van der Waals surface area contributed by atoms with Crippen molar-refractivity contribution in [3.05, 3.63) is 62.2 Å². The maximum atomic E-state index is 13.2. The Morgan fingerprint density at radius 3 is 2.26 bits per heavy atom. The van der Waals surface area contributed by atoms with Crippen LogP contribution in [0.5, 0.6) is 0 Å². The molecule has 2 bridgehead atoms. The number of carboxylic acids is 2. The fourth-order valence-corrected chi connectivity index (χ4v) is 5.09. The van der Waals surface area contributed by atoms with Crippen molar-refractivity contribution in [2.75, 3.05) is 6.54 Å². The lowest BCUT2D eigenvalue weighted by atomic mass is 9.99. The van der Waals surface area contributed by atoms with Crippen LogP contribution in [-0.4, -0.2) is 65.9 Å². The predicted octanol–water partition coefficient (Wildman–Crippen LogP) is 1.95. The van der Waals surface area contributed by atoms with Gasteiger partial charge in [-0.3, -0.25) is 9.47 Å². The summed E-state index contributed by atoms with van der Waals surface area (Å²) >= 11 is 0. The van der Waals surface area contributed by atoms with Crippen molar-refractivity contribution in [3.63, 3.8) is 0 Å². The van der Waals surface area contributed by atoms with Gasteiger partial charge in [0.1, 0.15) is 5.82 Å². The normalized spacial score (nSPS) is 20.7. The molecule has 2 aliphatic heterocycles. The highest BCUT2D eigenvalue weighted by atomic mass is 19.3. The molecule has 13 heteroatoms. The molecule has 2 fully saturated rings. The number of nitrogens with zero attached hydrogens (tertiary/aromatic N) is 4. The number of hydrogen-bond donors (Lipinski definition) is 2. The third-order valence-electron chi connectivity index (χ3n) is 7.08. The molecule has 208 valence electrons. The molecule has 0 aliphatic carbocycles. The highest BCUT2D eigenvalue weighted by molar-refractivity contribution is 6.27. The lowest BCUT2D eigenvalue weighted by molar-refractivity contribution is -0.159. The van der Waals surface area contributed by atoms with Crippen LogP contribution in [0.4, 0.5) is 8.78 Å². The van der Waals surface area contributed by atoms with E-state index in [-0.39, 0.29) is 24.0 Å². The maximum absolute atomic E-state index is 13.2. The monoisotopic (exact) mass is 538 g/mol. The number of benzene rings is 1. The molecule has 0 amide bonds. The summed E-state index contributed by atoms with van der Waals surface area (Å²) in [6, 6.07) is 7.33. The average Bonchev–Trinajstić information content (AvgIpc) is 3.10. The third kappa shape index (κ3) is 7.10. The van der Waals surface area contributed by atoms with Gasteiger partial charge in [-0.05, 0) is 44.6 Å². The van der Waals surface area contributed by atoms with Crippen LogP contribution < -0.4 is 11.4 Å². The van der Waals surface area contributed by atoms with Gasteiger partial charge in [0, 0.05) is 37.8 Å². The second-order valence-electron chi connectivity index (χ2n) is 9.43. The number of piperidine rings is 1. The van der Waals surface area contributed by atoms with Crippen molar-refractivity contribution >= 4 is 11.9 Å². The van der Waals surface area contributed by atoms with E-state index in [9.17, 15) is 18.4 Å². The van der Waals surface area contributed by atoms with Gasteiger partial charge in [-0.1, -0.05) is 24.3 Å². The molecule has 0 spiro atoms. The van der Waals surface area contributed by atoms with E-state index in [1.807, 2.05) is 0 Å². The second kappa shape index (κ2) is 12.9. The Labute approximate surface area is 217 Å². The summed E-state index contributed by atoms with van der Waals surface area (Å²) in [5, 5.41) is 14.8. The van der Waals surface area contributed by atoms with Crippen molar-refractivity contribution < 1.29 is 33.3 Å². The molecule has 2 aromatic rings. The molecule has 2 atom stereocenters. The molecule has 2 aliphatic rings. The molecule has 0 radical (unpaired) electrons. The first-order chi connectivity index (χ1) is 18.0. The van der Waals surface area contributed by atoms with Gasteiger partial charge in [0.15, 0.2) is 0 Å². The Kier molecular flexibility index (Phi) is 9.86. The molecule has 1 aromatic heterocycles. The minimum Gasteiger partial charge on any atom is -0.473 e. The predicted molar refractivity (Wildman–Crippen MR) is 131 cm³/mol. The Morgan fingerprint density at radius 2 is 1.68 bits per heavy atom. The van der Waals surface area contributed by atoms with Gasteiger partial charge in [-0.2, -0.15) is 4.98 Å². The number of aryl methyl sites for hydroxylation is 1. The first kappa shape index (κ1) is 29.1. The summed E-state index contributed by atoms with van der Waals surface area (Å²) in [6.07, 6.45) is 2.19. The van der Waals surface area contributed by atoms with Gasteiger partial charge in [0.2, 0.25) is 0 Å². The standard InChI is InChI=1S/C23H30F2N4O3.C2H2O4/c1-15-26-22(30)29(23(31)27(15)2)11-5-10-28-17-8-9-18(28)13-19(12-17)32-14-16-6-3-4-7-20(16)21(24)25;3-1(4)2(5)6/h3-4,6-7,17-19,21H,5,8-14H2,1-2H3;(H,3,4)(H,5,6). The lowest BCUT2D eigenvalue weighted by Gasteiger charge is -2.39. The van der Waals surface area contributed by atoms with Crippen LogP contribution in [0.15, 0.2) is 33.9 Å². The van der Waals surface area contributed by atoms with E-state index in [1.165, 1.54) is 15.2 Å².